The molecule has 5 rings (SSSR count). The molecule has 1 N–H and O–H groups in total. The van der Waals surface area contributed by atoms with Gasteiger partial charge in [0.15, 0.2) is 0 Å². The highest BCUT2D eigenvalue weighted by molar-refractivity contribution is 5.76. The number of anilines is 1. The number of hydrogen-bond donors (Lipinski definition) is 1. The third-order valence-corrected chi connectivity index (χ3v) is 8.49. The van der Waals surface area contributed by atoms with Crippen LogP contribution in [-0.4, -0.2) is 53.5 Å². The van der Waals surface area contributed by atoms with Crippen LogP contribution in [-0.2, 0) is 46.4 Å². The molecule has 0 radical (unpaired) electrons. The van der Waals surface area contributed by atoms with E-state index in [1.54, 1.807) is 0 Å². The lowest BCUT2D eigenvalue weighted by Gasteiger charge is -2.36. The SMILES string of the molecule is COC(=O)CC(Cc1cnc2c(c1)CCCC2)C1CCN(C(=O)CCc2ccc3c(n2)NCCC3)CC1. The van der Waals surface area contributed by atoms with Crippen LogP contribution in [0.5, 0.6) is 0 Å². The van der Waals surface area contributed by atoms with Gasteiger partial charge in [0.05, 0.1) is 7.11 Å². The highest BCUT2D eigenvalue weighted by atomic mass is 16.5. The number of amides is 1. The zero-order chi connectivity index (χ0) is 25.6. The molecule has 1 saturated heterocycles. The summed E-state index contributed by atoms with van der Waals surface area (Å²) in [5, 5.41) is 3.38. The Hall–Kier alpha value is -2.96. The first-order valence-electron chi connectivity index (χ1n) is 14.1. The van der Waals surface area contributed by atoms with Gasteiger partial charge in [0.2, 0.25) is 5.91 Å². The lowest BCUT2D eigenvalue weighted by molar-refractivity contribution is -0.143. The number of likely N-dealkylation sites (tertiary alicyclic amines) is 1. The van der Waals surface area contributed by atoms with E-state index in [9.17, 15) is 9.59 Å². The Morgan fingerprint density at radius 3 is 2.76 bits per heavy atom. The van der Waals surface area contributed by atoms with Crippen molar-refractivity contribution in [2.75, 3.05) is 32.1 Å². The Morgan fingerprint density at radius 2 is 1.92 bits per heavy atom. The van der Waals surface area contributed by atoms with Crippen molar-refractivity contribution in [1.82, 2.24) is 14.9 Å². The van der Waals surface area contributed by atoms with E-state index < -0.39 is 0 Å². The number of fused-ring (bicyclic) bond motifs is 2. The molecule has 1 fully saturated rings. The molecule has 0 bridgehead atoms. The summed E-state index contributed by atoms with van der Waals surface area (Å²) in [5.74, 6) is 1.64. The Bertz CT molecular complexity index is 1110. The monoisotopic (exact) mass is 504 g/mol. The zero-order valence-electron chi connectivity index (χ0n) is 22.1. The van der Waals surface area contributed by atoms with Gasteiger partial charge in [-0.2, -0.15) is 0 Å². The molecule has 37 heavy (non-hydrogen) atoms. The maximum atomic E-state index is 13.0. The quantitative estimate of drug-likeness (QED) is 0.540. The van der Waals surface area contributed by atoms with Crippen LogP contribution in [0.4, 0.5) is 5.82 Å². The molecule has 2 aromatic heterocycles. The van der Waals surface area contributed by atoms with E-state index in [0.717, 1.165) is 76.1 Å². The molecule has 1 atom stereocenters. The van der Waals surface area contributed by atoms with Gasteiger partial charge in [-0.05, 0) is 98.8 Å². The number of aryl methyl sites for hydroxylation is 4. The van der Waals surface area contributed by atoms with Crippen LogP contribution >= 0.6 is 0 Å². The summed E-state index contributed by atoms with van der Waals surface area (Å²) in [7, 11) is 1.47. The number of esters is 1. The third kappa shape index (κ3) is 6.49. The highest BCUT2D eigenvalue weighted by Crippen LogP contribution is 2.32. The van der Waals surface area contributed by atoms with Gasteiger partial charge < -0.3 is 15.0 Å². The fraction of sp³-hybridized carbons (Fsp3) is 0.600. The van der Waals surface area contributed by atoms with E-state index >= 15 is 0 Å². The van der Waals surface area contributed by atoms with Gasteiger partial charge in [0.1, 0.15) is 5.82 Å². The van der Waals surface area contributed by atoms with Crippen LogP contribution in [0.1, 0.15) is 73.0 Å². The van der Waals surface area contributed by atoms with Crippen molar-refractivity contribution < 1.29 is 14.3 Å². The predicted octanol–water partition coefficient (Wildman–Crippen LogP) is 4.31. The van der Waals surface area contributed by atoms with Crippen molar-refractivity contribution in [3.63, 3.8) is 0 Å². The first-order chi connectivity index (χ1) is 18.1. The second kappa shape index (κ2) is 12.1. The van der Waals surface area contributed by atoms with Gasteiger partial charge >= 0.3 is 5.97 Å². The fourth-order valence-electron chi connectivity index (χ4n) is 6.28. The number of nitrogens with one attached hydrogen (secondary N) is 1. The van der Waals surface area contributed by atoms with Crippen molar-refractivity contribution in [3.8, 4) is 0 Å². The van der Waals surface area contributed by atoms with Crippen molar-refractivity contribution >= 4 is 17.7 Å². The topological polar surface area (TPSA) is 84.4 Å². The molecule has 0 spiro atoms. The lowest BCUT2D eigenvalue weighted by atomic mass is 9.78. The van der Waals surface area contributed by atoms with E-state index in [-0.39, 0.29) is 17.8 Å². The number of hydrogen-bond acceptors (Lipinski definition) is 6. The molecule has 4 heterocycles. The Labute approximate surface area is 220 Å². The number of nitrogens with zero attached hydrogens (tertiary/aromatic N) is 3. The smallest absolute Gasteiger partial charge is 0.305 e. The van der Waals surface area contributed by atoms with Crippen LogP contribution in [0, 0.1) is 11.8 Å². The molecule has 7 nitrogen and oxygen atoms in total. The molecule has 2 aromatic rings. The first-order valence-corrected chi connectivity index (χ1v) is 14.1. The normalized spacial score (nSPS) is 18.4. The van der Waals surface area contributed by atoms with E-state index in [2.05, 4.69) is 23.5 Å². The van der Waals surface area contributed by atoms with Crippen LogP contribution in [0.2, 0.25) is 0 Å². The minimum absolute atomic E-state index is 0.151. The molecule has 1 amide bonds. The maximum Gasteiger partial charge on any atom is 0.305 e. The molecule has 0 aromatic carbocycles. The third-order valence-electron chi connectivity index (χ3n) is 8.49. The number of ether oxygens (including phenoxy) is 1. The summed E-state index contributed by atoms with van der Waals surface area (Å²) in [6, 6.07) is 6.53. The van der Waals surface area contributed by atoms with Gasteiger partial charge in [0, 0.05) is 50.1 Å². The van der Waals surface area contributed by atoms with E-state index in [1.807, 2.05) is 11.1 Å². The Morgan fingerprint density at radius 1 is 1.11 bits per heavy atom. The number of carbonyl (C=O) groups is 2. The molecular weight excluding hydrogens is 464 g/mol. The maximum absolute atomic E-state index is 13.0. The number of piperidine rings is 1. The average molecular weight is 505 g/mol. The largest absolute Gasteiger partial charge is 0.469 e. The average Bonchev–Trinajstić information content (AvgIpc) is 2.95. The summed E-state index contributed by atoms with van der Waals surface area (Å²) in [6.07, 6.45) is 13.1. The predicted molar refractivity (Wildman–Crippen MR) is 143 cm³/mol. The minimum atomic E-state index is -0.151. The summed E-state index contributed by atoms with van der Waals surface area (Å²) >= 11 is 0. The summed E-state index contributed by atoms with van der Waals surface area (Å²) in [4.78, 5) is 36.7. The Kier molecular flexibility index (Phi) is 8.37. The fourth-order valence-corrected chi connectivity index (χ4v) is 6.28. The van der Waals surface area contributed by atoms with Gasteiger partial charge in [-0.15, -0.1) is 0 Å². The number of pyridine rings is 2. The van der Waals surface area contributed by atoms with Crippen LogP contribution in [0.3, 0.4) is 0 Å². The minimum Gasteiger partial charge on any atom is -0.469 e. The van der Waals surface area contributed by atoms with Crippen molar-refractivity contribution in [3.05, 3.63) is 52.5 Å². The Balaban J connectivity index is 1.15. The lowest BCUT2D eigenvalue weighted by Crippen LogP contribution is -2.41. The summed E-state index contributed by atoms with van der Waals surface area (Å²) in [5.41, 5.74) is 6.10. The molecule has 3 aliphatic rings. The summed E-state index contributed by atoms with van der Waals surface area (Å²) < 4.78 is 5.04. The van der Waals surface area contributed by atoms with Gasteiger partial charge in [-0.1, -0.05) is 12.1 Å². The van der Waals surface area contributed by atoms with Crippen molar-refractivity contribution in [2.24, 2.45) is 11.8 Å². The number of methoxy groups -OCH3 is 1. The van der Waals surface area contributed by atoms with Crippen molar-refractivity contribution in [1.29, 1.82) is 0 Å². The number of aromatic nitrogens is 2. The van der Waals surface area contributed by atoms with Gasteiger partial charge in [-0.3, -0.25) is 14.6 Å². The molecule has 7 heteroatoms. The van der Waals surface area contributed by atoms with Crippen LogP contribution in [0.15, 0.2) is 24.4 Å². The van der Waals surface area contributed by atoms with E-state index in [0.29, 0.717) is 25.2 Å². The van der Waals surface area contributed by atoms with E-state index in [1.165, 1.54) is 42.3 Å². The van der Waals surface area contributed by atoms with Crippen LogP contribution in [0.25, 0.3) is 0 Å². The second-order valence-corrected chi connectivity index (χ2v) is 11.0. The van der Waals surface area contributed by atoms with E-state index in [4.69, 9.17) is 14.7 Å². The molecule has 1 aliphatic carbocycles. The molecule has 0 saturated carbocycles. The molecular formula is C30H40N4O3. The number of carbonyl (C=O) groups excluding carboxylic acids is 2. The summed E-state index contributed by atoms with van der Waals surface area (Å²) in [6.45, 7) is 2.48. The van der Waals surface area contributed by atoms with Crippen LogP contribution < -0.4 is 5.32 Å². The van der Waals surface area contributed by atoms with Gasteiger partial charge in [-0.25, -0.2) is 4.98 Å². The molecule has 1 unspecified atom stereocenters. The van der Waals surface area contributed by atoms with Crippen molar-refractivity contribution in [2.45, 2.75) is 77.0 Å². The highest BCUT2D eigenvalue weighted by Gasteiger charge is 2.30. The molecule has 2 aliphatic heterocycles. The standard InChI is InChI=1S/C30H40N4O3/c1-37-29(36)19-25(18-21-17-24-5-2-3-7-27(24)32-20-21)22-12-15-34(16-13-22)28(35)11-10-26-9-8-23-6-4-14-31-30(23)33-26/h8-9,17,20,22,25H,2-7,10-16,18-19H2,1H3,(H,31,33). The zero-order valence-corrected chi connectivity index (χ0v) is 22.1. The number of rotatable bonds is 8. The first kappa shape index (κ1) is 25.7. The second-order valence-electron chi connectivity index (χ2n) is 11.0. The van der Waals surface area contributed by atoms with Gasteiger partial charge in [0.25, 0.3) is 0 Å². The molecule has 198 valence electrons.